The molecule has 8 rings (SSSR count). The third-order valence-electron chi connectivity index (χ3n) is 11.0. The number of urea groups is 1. The van der Waals surface area contributed by atoms with E-state index in [2.05, 4.69) is 30.3 Å². The van der Waals surface area contributed by atoms with Gasteiger partial charge in [0.15, 0.2) is 11.5 Å². The lowest BCUT2D eigenvalue weighted by Crippen LogP contribution is -2.54. The SMILES string of the molecule is CN1CCN([C@@H]2CCCN(c3cnc(C(N)=O)c(Nc4ccc(N5CCN(c6ccc7c(c6)C(=O)N(C6CCC(=O)NC6=O)C7=O)CC5)cc4)n3)C2)C1=O. The number of hydrogen-bond donors (Lipinski definition) is 3. The van der Waals surface area contributed by atoms with Crippen LogP contribution in [0.4, 0.5) is 33.5 Å². The van der Waals surface area contributed by atoms with Gasteiger partial charge in [-0.1, -0.05) is 0 Å². The minimum absolute atomic E-state index is 0.0326. The van der Waals surface area contributed by atoms with Gasteiger partial charge in [-0.05, 0) is 61.7 Å². The van der Waals surface area contributed by atoms with Crippen molar-refractivity contribution in [2.24, 2.45) is 5.73 Å². The van der Waals surface area contributed by atoms with Gasteiger partial charge in [-0.15, -0.1) is 0 Å². The molecule has 4 saturated heterocycles. The van der Waals surface area contributed by atoms with Crippen molar-refractivity contribution >= 4 is 64.3 Å². The second kappa shape index (κ2) is 13.9. The zero-order valence-corrected chi connectivity index (χ0v) is 29.9. The van der Waals surface area contributed by atoms with Gasteiger partial charge < -0.3 is 35.6 Å². The first kappa shape index (κ1) is 34.8. The number of primary amides is 1. The average Bonchev–Trinajstić information content (AvgIpc) is 3.64. The third kappa shape index (κ3) is 6.39. The molecule has 6 heterocycles. The topological polar surface area (TPSA) is 198 Å². The lowest BCUT2D eigenvalue weighted by atomic mass is 10.0. The number of aromatic nitrogens is 2. The first-order valence-electron chi connectivity index (χ1n) is 18.2. The Labute approximate surface area is 311 Å². The van der Waals surface area contributed by atoms with Gasteiger partial charge in [0.25, 0.3) is 17.7 Å². The number of nitrogens with zero attached hydrogens (tertiary/aromatic N) is 8. The highest BCUT2D eigenvalue weighted by atomic mass is 16.2. The number of amides is 7. The molecule has 0 aliphatic carbocycles. The Bertz CT molecular complexity index is 2050. The molecular weight excluding hydrogens is 694 g/mol. The van der Waals surface area contributed by atoms with Crippen molar-refractivity contribution in [2.75, 3.05) is 79.4 Å². The maximum atomic E-state index is 13.3. The van der Waals surface area contributed by atoms with E-state index in [9.17, 15) is 28.8 Å². The van der Waals surface area contributed by atoms with Gasteiger partial charge in [0.1, 0.15) is 11.9 Å². The molecule has 54 heavy (non-hydrogen) atoms. The molecule has 2 aromatic carbocycles. The van der Waals surface area contributed by atoms with Crippen LogP contribution in [0.2, 0.25) is 0 Å². The maximum absolute atomic E-state index is 13.3. The number of piperidine rings is 2. The molecule has 1 unspecified atom stereocenters. The standard InChI is InChI=1S/C37H41N11O6/c1-43-13-18-47(37(43)54)25-3-2-12-46(21-25)29-20-39-31(32(38)50)33(41-29)40-22-4-6-23(7-5-22)44-14-16-45(17-15-44)24-8-9-26-27(19-24)36(53)48(35(26)52)28-10-11-30(49)42-34(28)51/h4-9,19-20,25,28H,2-3,10-18,21H2,1H3,(H2,38,50)(H,40,41)(H,42,49,51)/t25-,28?/m1/s1. The summed E-state index contributed by atoms with van der Waals surface area (Å²) in [6, 6.07) is 12.1. The van der Waals surface area contributed by atoms with Gasteiger partial charge in [0.2, 0.25) is 11.8 Å². The van der Waals surface area contributed by atoms with E-state index >= 15 is 0 Å². The van der Waals surface area contributed by atoms with Crippen molar-refractivity contribution in [2.45, 2.75) is 37.8 Å². The highest BCUT2D eigenvalue weighted by Gasteiger charge is 2.45. The third-order valence-corrected chi connectivity index (χ3v) is 11.0. The molecule has 0 bridgehead atoms. The van der Waals surface area contributed by atoms with Crippen molar-refractivity contribution in [3.05, 3.63) is 65.5 Å². The minimum atomic E-state index is -1.00. The van der Waals surface area contributed by atoms with Crippen molar-refractivity contribution in [3.8, 4) is 0 Å². The summed E-state index contributed by atoms with van der Waals surface area (Å²) in [5.74, 6) is -1.92. The number of likely N-dealkylation sites (N-methyl/N-ethyl adjacent to an activating group) is 1. The fourth-order valence-electron chi connectivity index (χ4n) is 7.99. The lowest BCUT2D eigenvalue weighted by molar-refractivity contribution is -0.136. The number of carbonyl (C=O) groups excluding carboxylic acids is 6. The molecule has 0 spiro atoms. The van der Waals surface area contributed by atoms with E-state index in [1.807, 2.05) is 42.3 Å². The number of fused-ring (bicyclic) bond motifs is 1. The van der Waals surface area contributed by atoms with E-state index in [1.54, 1.807) is 23.2 Å². The van der Waals surface area contributed by atoms with E-state index in [0.29, 0.717) is 57.3 Å². The van der Waals surface area contributed by atoms with Gasteiger partial charge in [-0.25, -0.2) is 14.8 Å². The van der Waals surface area contributed by atoms with Crippen molar-refractivity contribution in [3.63, 3.8) is 0 Å². The normalized spacial score (nSPS) is 21.9. The monoisotopic (exact) mass is 735 g/mol. The number of piperazine rings is 1. The highest BCUT2D eigenvalue weighted by Crippen LogP contribution is 2.32. The number of hydrogen-bond acceptors (Lipinski definition) is 12. The summed E-state index contributed by atoms with van der Waals surface area (Å²) in [6.07, 6.45) is 3.55. The summed E-state index contributed by atoms with van der Waals surface area (Å²) in [4.78, 5) is 95.7. The van der Waals surface area contributed by atoms with Crippen LogP contribution in [-0.4, -0.2) is 132 Å². The summed E-state index contributed by atoms with van der Waals surface area (Å²) < 4.78 is 0. The molecule has 5 aliphatic heterocycles. The van der Waals surface area contributed by atoms with E-state index < -0.39 is 35.6 Å². The first-order valence-corrected chi connectivity index (χ1v) is 18.2. The molecule has 17 nitrogen and oxygen atoms in total. The minimum Gasteiger partial charge on any atom is -0.368 e. The van der Waals surface area contributed by atoms with Crippen LogP contribution < -0.4 is 31.1 Å². The Balaban J connectivity index is 0.903. The van der Waals surface area contributed by atoms with Crippen LogP contribution in [0.1, 0.15) is 56.9 Å². The highest BCUT2D eigenvalue weighted by molar-refractivity contribution is 6.23. The number of nitrogens with two attached hydrogens (primary N) is 1. The van der Waals surface area contributed by atoms with Gasteiger partial charge in [0.05, 0.1) is 23.4 Å². The fourth-order valence-corrected chi connectivity index (χ4v) is 7.99. The van der Waals surface area contributed by atoms with Gasteiger partial charge in [-0.2, -0.15) is 0 Å². The number of anilines is 5. The van der Waals surface area contributed by atoms with Gasteiger partial charge in [0, 0.05) is 82.9 Å². The largest absolute Gasteiger partial charge is 0.368 e. The molecule has 3 aromatic rings. The Morgan fingerprint density at radius 2 is 1.54 bits per heavy atom. The molecule has 4 N–H and O–H groups in total. The predicted octanol–water partition coefficient (Wildman–Crippen LogP) is 1.38. The number of rotatable bonds is 8. The molecule has 0 radical (unpaired) electrons. The molecule has 1 aromatic heterocycles. The quantitative estimate of drug-likeness (QED) is 0.282. The van der Waals surface area contributed by atoms with E-state index in [-0.39, 0.29) is 47.6 Å². The summed E-state index contributed by atoms with van der Waals surface area (Å²) in [5.41, 5.74) is 8.74. The average molecular weight is 736 g/mol. The lowest BCUT2D eigenvalue weighted by Gasteiger charge is -2.38. The second-order valence-corrected chi connectivity index (χ2v) is 14.3. The number of benzene rings is 2. The van der Waals surface area contributed by atoms with Crippen LogP contribution in [0, 0.1) is 0 Å². The fraction of sp³-hybridized carbons (Fsp3) is 0.405. The van der Waals surface area contributed by atoms with E-state index in [1.165, 1.54) is 0 Å². The number of carbonyl (C=O) groups is 6. The van der Waals surface area contributed by atoms with Crippen molar-refractivity contribution < 1.29 is 28.8 Å². The smallest absolute Gasteiger partial charge is 0.320 e. The van der Waals surface area contributed by atoms with Crippen LogP contribution in [-0.2, 0) is 9.59 Å². The van der Waals surface area contributed by atoms with Crippen LogP contribution in [0.25, 0.3) is 0 Å². The van der Waals surface area contributed by atoms with Crippen molar-refractivity contribution in [1.82, 2.24) is 30.0 Å². The van der Waals surface area contributed by atoms with Crippen molar-refractivity contribution in [1.29, 1.82) is 0 Å². The Morgan fingerprint density at radius 3 is 2.22 bits per heavy atom. The maximum Gasteiger partial charge on any atom is 0.320 e. The molecule has 17 heteroatoms. The molecule has 0 saturated carbocycles. The Morgan fingerprint density at radius 1 is 0.833 bits per heavy atom. The zero-order valence-electron chi connectivity index (χ0n) is 29.9. The number of imide groups is 2. The Kier molecular flexibility index (Phi) is 8.99. The van der Waals surface area contributed by atoms with Crippen LogP contribution in [0.3, 0.4) is 0 Å². The van der Waals surface area contributed by atoms with Gasteiger partial charge >= 0.3 is 6.03 Å². The summed E-state index contributed by atoms with van der Waals surface area (Å²) >= 11 is 0. The molecule has 4 fully saturated rings. The number of nitrogens with one attached hydrogen (secondary N) is 2. The first-order chi connectivity index (χ1) is 26.0. The van der Waals surface area contributed by atoms with E-state index in [0.717, 1.165) is 35.7 Å². The summed E-state index contributed by atoms with van der Waals surface area (Å²) in [7, 11) is 1.82. The molecule has 280 valence electrons. The molecule has 7 amide bonds. The summed E-state index contributed by atoms with van der Waals surface area (Å²) in [6.45, 7) is 5.54. The zero-order chi connectivity index (χ0) is 37.7. The van der Waals surface area contributed by atoms with Crippen LogP contribution in [0.15, 0.2) is 48.7 Å². The Hall–Kier alpha value is -6.26. The molecule has 2 atom stereocenters. The van der Waals surface area contributed by atoms with Crippen LogP contribution in [0.5, 0.6) is 0 Å². The van der Waals surface area contributed by atoms with Gasteiger partial charge in [-0.3, -0.25) is 34.2 Å². The molecule has 5 aliphatic rings. The predicted molar refractivity (Wildman–Crippen MR) is 198 cm³/mol. The molecular formula is C37H41N11O6. The summed E-state index contributed by atoms with van der Waals surface area (Å²) in [5, 5.41) is 5.46. The van der Waals surface area contributed by atoms with Crippen LogP contribution >= 0.6 is 0 Å². The van der Waals surface area contributed by atoms with E-state index in [4.69, 9.17) is 10.7 Å². The second-order valence-electron chi connectivity index (χ2n) is 14.3.